The van der Waals surface area contributed by atoms with E-state index in [0.717, 1.165) is 17.8 Å². The summed E-state index contributed by atoms with van der Waals surface area (Å²) in [6.45, 7) is 4.60. The Bertz CT molecular complexity index is 515. The molecule has 2 heteroatoms. The Morgan fingerprint density at radius 1 is 1.10 bits per heavy atom. The first kappa shape index (κ1) is 14.1. The molecule has 0 spiro atoms. The number of benzene rings is 1. The van der Waals surface area contributed by atoms with Crippen molar-refractivity contribution in [2.45, 2.75) is 58.4 Å². The maximum atomic E-state index is 3.86. The average molecular weight is 348 g/mol. The summed E-state index contributed by atoms with van der Waals surface area (Å²) in [5.74, 6) is 3.09. The molecule has 4 saturated carbocycles. The van der Waals surface area contributed by atoms with Crippen molar-refractivity contribution in [1.29, 1.82) is 0 Å². The van der Waals surface area contributed by atoms with Crippen LogP contribution in [0.2, 0.25) is 0 Å². The van der Waals surface area contributed by atoms with Crippen molar-refractivity contribution in [3.8, 4) is 0 Å². The molecule has 4 aliphatic carbocycles. The molecule has 1 aromatic carbocycles. The SMILES string of the molecule is Cc1cccc(NC(C)C23CC4CC(CC(C4)C2)C3)c1Br. The van der Waals surface area contributed by atoms with Crippen LogP contribution < -0.4 is 5.32 Å². The summed E-state index contributed by atoms with van der Waals surface area (Å²) < 4.78 is 1.24. The molecule has 5 rings (SSSR count). The third kappa shape index (κ3) is 2.34. The number of hydrogen-bond acceptors (Lipinski definition) is 1. The van der Waals surface area contributed by atoms with E-state index in [2.05, 4.69) is 53.3 Å². The van der Waals surface area contributed by atoms with Crippen molar-refractivity contribution < 1.29 is 0 Å². The molecule has 21 heavy (non-hydrogen) atoms. The van der Waals surface area contributed by atoms with Gasteiger partial charge >= 0.3 is 0 Å². The monoisotopic (exact) mass is 347 g/mol. The molecule has 4 aliphatic rings. The second-order valence-corrected chi connectivity index (χ2v) is 8.88. The van der Waals surface area contributed by atoms with Crippen molar-refractivity contribution >= 4 is 21.6 Å². The Morgan fingerprint density at radius 3 is 2.24 bits per heavy atom. The minimum Gasteiger partial charge on any atom is -0.381 e. The zero-order valence-electron chi connectivity index (χ0n) is 13.2. The summed E-state index contributed by atoms with van der Waals surface area (Å²) in [6, 6.07) is 7.14. The van der Waals surface area contributed by atoms with E-state index < -0.39 is 0 Å². The van der Waals surface area contributed by atoms with Gasteiger partial charge in [0, 0.05) is 16.2 Å². The third-order valence-corrected chi connectivity index (χ3v) is 7.62. The lowest BCUT2D eigenvalue weighted by Crippen LogP contribution is -2.52. The largest absolute Gasteiger partial charge is 0.381 e. The summed E-state index contributed by atoms with van der Waals surface area (Å²) >= 11 is 3.76. The van der Waals surface area contributed by atoms with Crippen LogP contribution in [0, 0.1) is 30.1 Å². The molecular formula is C19H26BrN. The molecule has 0 aromatic heterocycles. The molecule has 0 aliphatic heterocycles. The highest BCUT2D eigenvalue weighted by Gasteiger charge is 2.53. The van der Waals surface area contributed by atoms with Crippen LogP contribution in [0.15, 0.2) is 22.7 Å². The van der Waals surface area contributed by atoms with E-state index in [1.54, 1.807) is 0 Å². The highest BCUT2D eigenvalue weighted by Crippen LogP contribution is 2.61. The predicted octanol–water partition coefficient (Wildman–Crippen LogP) is 5.77. The van der Waals surface area contributed by atoms with E-state index >= 15 is 0 Å². The predicted molar refractivity (Wildman–Crippen MR) is 92.6 cm³/mol. The first-order chi connectivity index (χ1) is 10.1. The Kier molecular flexibility index (Phi) is 3.37. The molecule has 1 atom stereocenters. The lowest BCUT2D eigenvalue weighted by atomic mass is 9.48. The minimum atomic E-state index is 0.567. The van der Waals surface area contributed by atoms with Crippen molar-refractivity contribution in [2.24, 2.45) is 23.2 Å². The van der Waals surface area contributed by atoms with E-state index in [1.807, 2.05) is 0 Å². The van der Waals surface area contributed by atoms with Gasteiger partial charge in [-0.15, -0.1) is 0 Å². The fraction of sp³-hybridized carbons (Fsp3) is 0.684. The zero-order valence-corrected chi connectivity index (χ0v) is 14.7. The van der Waals surface area contributed by atoms with Crippen LogP contribution in [0.3, 0.4) is 0 Å². The maximum Gasteiger partial charge on any atom is 0.0489 e. The molecule has 1 unspecified atom stereocenters. The smallest absolute Gasteiger partial charge is 0.0489 e. The number of anilines is 1. The molecule has 4 bridgehead atoms. The lowest BCUT2D eigenvalue weighted by Gasteiger charge is -2.59. The molecule has 1 N–H and O–H groups in total. The second kappa shape index (κ2) is 5.01. The van der Waals surface area contributed by atoms with Gasteiger partial charge in [-0.05, 0) is 103 Å². The lowest BCUT2D eigenvalue weighted by molar-refractivity contribution is -0.0602. The molecule has 0 amide bonds. The van der Waals surface area contributed by atoms with Gasteiger partial charge in [-0.1, -0.05) is 12.1 Å². The average Bonchev–Trinajstić information content (AvgIpc) is 2.42. The van der Waals surface area contributed by atoms with Crippen molar-refractivity contribution in [2.75, 3.05) is 5.32 Å². The highest BCUT2D eigenvalue weighted by atomic mass is 79.9. The Morgan fingerprint density at radius 2 is 1.67 bits per heavy atom. The van der Waals surface area contributed by atoms with Gasteiger partial charge in [0.05, 0.1) is 0 Å². The van der Waals surface area contributed by atoms with Gasteiger partial charge in [0.1, 0.15) is 0 Å². The van der Waals surface area contributed by atoms with Gasteiger partial charge in [-0.2, -0.15) is 0 Å². The van der Waals surface area contributed by atoms with Gasteiger partial charge in [-0.25, -0.2) is 0 Å². The van der Waals surface area contributed by atoms with Crippen LogP contribution >= 0.6 is 15.9 Å². The second-order valence-electron chi connectivity index (χ2n) is 8.08. The van der Waals surface area contributed by atoms with Gasteiger partial charge in [0.25, 0.3) is 0 Å². The summed E-state index contributed by atoms with van der Waals surface area (Å²) in [4.78, 5) is 0. The third-order valence-electron chi connectivity index (χ3n) is 6.57. The molecule has 0 saturated heterocycles. The number of hydrogen-bond donors (Lipinski definition) is 1. The van der Waals surface area contributed by atoms with Crippen molar-refractivity contribution in [3.63, 3.8) is 0 Å². The number of rotatable bonds is 3. The van der Waals surface area contributed by atoms with E-state index in [0.29, 0.717) is 11.5 Å². The van der Waals surface area contributed by atoms with Crippen molar-refractivity contribution in [1.82, 2.24) is 0 Å². The van der Waals surface area contributed by atoms with Crippen LogP contribution in [0.25, 0.3) is 0 Å². The summed E-state index contributed by atoms with van der Waals surface area (Å²) in [5.41, 5.74) is 3.16. The van der Waals surface area contributed by atoms with Crippen LogP contribution in [-0.4, -0.2) is 6.04 Å². The van der Waals surface area contributed by atoms with E-state index in [9.17, 15) is 0 Å². The maximum absolute atomic E-state index is 3.86. The molecular weight excluding hydrogens is 322 g/mol. The normalized spacial score (nSPS) is 38.5. The molecule has 0 radical (unpaired) electrons. The quantitative estimate of drug-likeness (QED) is 0.731. The van der Waals surface area contributed by atoms with Crippen LogP contribution in [-0.2, 0) is 0 Å². The Labute approximate surface area is 137 Å². The highest BCUT2D eigenvalue weighted by molar-refractivity contribution is 9.10. The van der Waals surface area contributed by atoms with E-state index in [-0.39, 0.29) is 0 Å². The van der Waals surface area contributed by atoms with Gasteiger partial charge < -0.3 is 5.32 Å². The summed E-state index contributed by atoms with van der Waals surface area (Å²) in [7, 11) is 0. The number of halogens is 1. The Hall–Kier alpha value is -0.500. The molecule has 4 fully saturated rings. The van der Waals surface area contributed by atoms with E-state index in [4.69, 9.17) is 0 Å². The van der Waals surface area contributed by atoms with Gasteiger partial charge in [0.2, 0.25) is 0 Å². The van der Waals surface area contributed by atoms with Crippen molar-refractivity contribution in [3.05, 3.63) is 28.2 Å². The minimum absolute atomic E-state index is 0.567. The van der Waals surface area contributed by atoms with Crippen LogP contribution in [0.5, 0.6) is 0 Å². The van der Waals surface area contributed by atoms with Crippen LogP contribution in [0.1, 0.15) is 51.0 Å². The first-order valence-corrected chi connectivity index (χ1v) is 9.37. The summed E-state index contributed by atoms with van der Waals surface area (Å²) in [5, 5.41) is 3.86. The topological polar surface area (TPSA) is 12.0 Å². The van der Waals surface area contributed by atoms with Crippen LogP contribution in [0.4, 0.5) is 5.69 Å². The van der Waals surface area contributed by atoms with Gasteiger partial charge in [-0.3, -0.25) is 0 Å². The van der Waals surface area contributed by atoms with E-state index in [1.165, 1.54) is 54.2 Å². The fourth-order valence-electron chi connectivity index (χ4n) is 5.85. The molecule has 1 aromatic rings. The fourth-order valence-corrected chi connectivity index (χ4v) is 6.23. The number of aryl methyl sites for hydroxylation is 1. The molecule has 0 heterocycles. The standard InChI is InChI=1S/C19H26BrN/c1-12-4-3-5-17(18(12)20)21-13(2)19-9-14-6-15(10-19)8-16(7-14)11-19/h3-5,13-16,21H,6-11H2,1-2H3. The van der Waals surface area contributed by atoms with Gasteiger partial charge in [0.15, 0.2) is 0 Å². The Balaban J connectivity index is 1.57. The zero-order chi connectivity index (χ0) is 14.6. The molecule has 114 valence electrons. The number of nitrogens with one attached hydrogen (secondary N) is 1. The first-order valence-electron chi connectivity index (χ1n) is 8.57. The molecule has 1 nitrogen and oxygen atoms in total. The summed E-state index contributed by atoms with van der Waals surface area (Å²) in [6.07, 6.45) is 8.99.